The lowest BCUT2D eigenvalue weighted by Gasteiger charge is -2.34. The van der Waals surface area contributed by atoms with Gasteiger partial charge in [0.15, 0.2) is 5.82 Å². The second kappa shape index (κ2) is 7.47. The topological polar surface area (TPSA) is 88.8 Å². The Kier molecular flexibility index (Phi) is 5.53. The van der Waals surface area contributed by atoms with E-state index < -0.39 is 10.2 Å². The fourth-order valence-corrected chi connectivity index (χ4v) is 4.80. The zero-order valence-electron chi connectivity index (χ0n) is 14.3. The summed E-state index contributed by atoms with van der Waals surface area (Å²) in [6, 6.07) is 0. The van der Waals surface area contributed by atoms with Crippen molar-refractivity contribution in [2.24, 2.45) is 5.92 Å². The molecule has 1 aliphatic carbocycles. The summed E-state index contributed by atoms with van der Waals surface area (Å²) in [6.45, 7) is 4.01. The minimum atomic E-state index is -3.53. The number of hydrogen-bond acceptors (Lipinski definition) is 6. The molecule has 0 spiro atoms. The number of piperidine rings is 1. The largest absolute Gasteiger partial charge is 0.384 e. The Morgan fingerprint density at radius 1 is 1.38 bits per heavy atom. The second-order valence-corrected chi connectivity index (χ2v) is 8.51. The van der Waals surface area contributed by atoms with Crippen LogP contribution in [-0.2, 0) is 21.5 Å². The zero-order chi connectivity index (χ0) is 17.2. The van der Waals surface area contributed by atoms with Gasteiger partial charge in [-0.15, -0.1) is 0 Å². The Bertz CT molecular complexity index is 642. The normalized spacial score (nSPS) is 23.0. The molecule has 1 aromatic heterocycles. The molecule has 2 aliphatic rings. The standard InChI is InChI=1S/C15H26N4O4S/c1-3-18(10-14-16-15(23-17-14)13-6-7-13)24(20,21)19-8-4-5-12(9-19)11-22-2/h12-13H,3-11H2,1-2H3. The lowest BCUT2D eigenvalue weighted by molar-refractivity contribution is 0.116. The second-order valence-electron chi connectivity index (χ2n) is 6.58. The minimum Gasteiger partial charge on any atom is -0.384 e. The van der Waals surface area contributed by atoms with Crippen molar-refractivity contribution in [2.45, 2.75) is 45.1 Å². The van der Waals surface area contributed by atoms with Crippen molar-refractivity contribution < 1.29 is 17.7 Å². The van der Waals surface area contributed by atoms with E-state index in [0.717, 1.165) is 25.7 Å². The van der Waals surface area contributed by atoms with E-state index in [1.54, 1.807) is 11.4 Å². The van der Waals surface area contributed by atoms with Crippen molar-refractivity contribution in [3.05, 3.63) is 11.7 Å². The van der Waals surface area contributed by atoms with Gasteiger partial charge in [0.05, 0.1) is 13.2 Å². The van der Waals surface area contributed by atoms with Gasteiger partial charge in [-0.3, -0.25) is 0 Å². The summed E-state index contributed by atoms with van der Waals surface area (Å²) in [7, 11) is -1.88. The Hall–Kier alpha value is -1.03. The number of rotatable bonds is 8. The van der Waals surface area contributed by atoms with Crippen molar-refractivity contribution in [3.63, 3.8) is 0 Å². The SMILES string of the molecule is CCN(Cc1noc(C2CC2)n1)S(=O)(=O)N1CCCC(COC)C1. The van der Waals surface area contributed by atoms with E-state index in [1.165, 1.54) is 4.31 Å². The van der Waals surface area contributed by atoms with Gasteiger partial charge in [-0.2, -0.15) is 22.0 Å². The molecular formula is C15H26N4O4S. The third-order valence-electron chi connectivity index (χ3n) is 4.62. The zero-order valence-corrected chi connectivity index (χ0v) is 15.2. The van der Waals surface area contributed by atoms with E-state index >= 15 is 0 Å². The maximum Gasteiger partial charge on any atom is 0.282 e. The van der Waals surface area contributed by atoms with E-state index in [9.17, 15) is 8.42 Å². The van der Waals surface area contributed by atoms with Crippen LogP contribution in [0, 0.1) is 5.92 Å². The summed E-state index contributed by atoms with van der Waals surface area (Å²) in [6.07, 6.45) is 4.01. The first kappa shape index (κ1) is 17.8. The van der Waals surface area contributed by atoms with Crippen molar-refractivity contribution in [1.82, 2.24) is 18.8 Å². The molecule has 0 amide bonds. The van der Waals surface area contributed by atoms with E-state index in [1.807, 2.05) is 6.92 Å². The molecule has 0 bridgehead atoms. The van der Waals surface area contributed by atoms with Gasteiger partial charge in [0.25, 0.3) is 10.2 Å². The van der Waals surface area contributed by atoms with Crippen molar-refractivity contribution in [2.75, 3.05) is 33.4 Å². The Morgan fingerprint density at radius 2 is 2.17 bits per heavy atom. The summed E-state index contributed by atoms with van der Waals surface area (Å²) < 4.78 is 39.3. The number of methoxy groups -OCH3 is 1. The van der Waals surface area contributed by atoms with Crippen LogP contribution in [0.15, 0.2) is 4.52 Å². The number of ether oxygens (including phenoxy) is 1. The van der Waals surface area contributed by atoms with Crippen LogP contribution in [0.2, 0.25) is 0 Å². The van der Waals surface area contributed by atoms with Gasteiger partial charge in [-0.25, -0.2) is 0 Å². The monoisotopic (exact) mass is 358 g/mol. The first-order chi connectivity index (χ1) is 11.5. The van der Waals surface area contributed by atoms with Crippen LogP contribution < -0.4 is 0 Å². The first-order valence-electron chi connectivity index (χ1n) is 8.61. The molecule has 1 atom stereocenters. The third kappa shape index (κ3) is 3.96. The predicted octanol–water partition coefficient (Wildman–Crippen LogP) is 1.37. The Balaban J connectivity index is 1.67. The molecule has 2 heterocycles. The highest BCUT2D eigenvalue weighted by Gasteiger charge is 2.34. The highest BCUT2D eigenvalue weighted by Crippen LogP contribution is 2.38. The average Bonchev–Trinajstić information content (AvgIpc) is 3.32. The highest BCUT2D eigenvalue weighted by molar-refractivity contribution is 7.86. The Labute approximate surface area is 143 Å². The smallest absolute Gasteiger partial charge is 0.282 e. The highest BCUT2D eigenvalue weighted by atomic mass is 32.2. The molecule has 0 radical (unpaired) electrons. The fraction of sp³-hybridized carbons (Fsp3) is 0.867. The van der Waals surface area contributed by atoms with Gasteiger partial charge in [0.2, 0.25) is 5.89 Å². The summed E-state index contributed by atoms with van der Waals surface area (Å²) in [5.41, 5.74) is 0. The molecule has 0 aromatic carbocycles. The van der Waals surface area contributed by atoms with Gasteiger partial charge in [0, 0.05) is 32.7 Å². The van der Waals surface area contributed by atoms with Crippen molar-refractivity contribution in [1.29, 1.82) is 0 Å². The van der Waals surface area contributed by atoms with Crippen LogP contribution in [-0.4, -0.2) is 60.5 Å². The van der Waals surface area contributed by atoms with Crippen LogP contribution >= 0.6 is 0 Å². The first-order valence-corrected chi connectivity index (χ1v) is 10.0. The number of aromatic nitrogens is 2. The summed E-state index contributed by atoms with van der Waals surface area (Å²) in [5, 5.41) is 3.94. The fourth-order valence-electron chi connectivity index (χ4n) is 3.11. The molecule has 1 saturated carbocycles. The van der Waals surface area contributed by atoms with Crippen molar-refractivity contribution >= 4 is 10.2 Å². The molecule has 8 nitrogen and oxygen atoms in total. The van der Waals surface area contributed by atoms with Crippen LogP contribution in [0.4, 0.5) is 0 Å². The molecule has 136 valence electrons. The molecule has 9 heteroatoms. The van der Waals surface area contributed by atoms with Gasteiger partial charge in [-0.1, -0.05) is 12.1 Å². The maximum absolute atomic E-state index is 12.9. The molecule has 24 heavy (non-hydrogen) atoms. The number of hydrogen-bond donors (Lipinski definition) is 0. The van der Waals surface area contributed by atoms with Gasteiger partial charge >= 0.3 is 0 Å². The van der Waals surface area contributed by atoms with E-state index in [-0.39, 0.29) is 12.5 Å². The molecule has 1 saturated heterocycles. The van der Waals surface area contributed by atoms with E-state index in [0.29, 0.717) is 43.9 Å². The number of nitrogens with zero attached hydrogens (tertiary/aromatic N) is 4. The third-order valence-corrected chi connectivity index (χ3v) is 6.64. The molecular weight excluding hydrogens is 332 g/mol. The maximum atomic E-state index is 12.9. The van der Waals surface area contributed by atoms with E-state index in [4.69, 9.17) is 9.26 Å². The molecule has 2 fully saturated rings. The van der Waals surface area contributed by atoms with E-state index in [2.05, 4.69) is 10.1 Å². The van der Waals surface area contributed by atoms with Crippen LogP contribution in [0.25, 0.3) is 0 Å². The van der Waals surface area contributed by atoms with Crippen LogP contribution in [0.3, 0.4) is 0 Å². The van der Waals surface area contributed by atoms with Crippen molar-refractivity contribution in [3.8, 4) is 0 Å². The minimum absolute atomic E-state index is 0.153. The van der Waals surface area contributed by atoms with Crippen LogP contribution in [0.5, 0.6) is 0 Å². The predicted molar refractivity (Wildman–Crippen MR) is 87.4 cm³/mol. The molecule has 1 unspecified atom stereocenters. The molecule has 0 N–H and O–H groups in total. The van der Waals surface area contributed by atoms with Gasteiger partial charge in [0.1, 0.15) is 0 Å². The van der Waals surface area contributed by atoms with Gasteiger partial charge < -0.3 is 9.26 Å². The van der Waals surface area contributed by atoms with Gasteiger partial charge in [-0.05, 0) is 31.6 Å². The lowest BCUT2D eigenvalue weighted by Crippen LogP contribution is -2.48. The Morgan fingerprint density at radius 3 is 2.83 bits per heavy atom. The lowest BCUT2D eigenvalue weighted by atomic mass is 10.0. The molecule has 1 aromatic rings. The molecule has 3 rings (SSSR count). The average molecular weight is 358 g/mol. The summed E-state index contributed by atoms with van der Waals surface area (Å²) in [5.74, 6) is 1.70. The molecule has 1 aliphatic heterocycles. The van der Waals surface area contributed by atoms with Crippen LogP contribution in [0.1, 0.15) is 50.2 Å². The quantitative estimate of drug-likeness (QED) is 0.697. The summed E-state index contributed by atoms with van der Waals surface area (Å²) >= 11 is 0. The summed E-state index contributed by atoms with van der Waals surface area (Å²) in [4.78, 5) is 4.34.